The lowest BCUT2D eigenvalue weighted by atomic mass is 10.2. The van der Waals surface area contributed by atoms with E-state index < -0.39 is 0 Å². The van der Waals surface area contributed by atoms with Gasteiger partial charge in [-0.05, 0) is 51.3 Å². The van der Waals surface area contributed by atoms with Crippen molar-refractivity contribution in [2.45, 2.75) is 13.0 Å². The Bertz CT molecular complexity index is 289. The van der Waals surface area contributed by atoms with E-state index in [9.17, 15) is 4.39 Å². The molecule has 2 nitrogen and oxygen atoms in total. The van der Waals surface area contributed by atoms with E-state index in [2.05, 4.69) is 17.3 Å². The molecule has 1 aromatic carbocycles. The minimum absolute atomic E-state index is 0.156. The minimum atomic E-state index is -0.156. The average molecular weight is 210 g/mol. The highest BCUT2D eigenvalue weighted by Gasteiger charge is 2.00. The Balaban J connectivity index is 2.34. The normalized spacial score (nSPS) is 10.9. The van der Waals surface area contributed by atoms with E-state index in [-0.39, 0.29) is 5.82 Å². The number of benzene rings is 1. The Morgan fingerprint density at radius 3 is 2.87 bits per heavy atom. The van der Waals surface area contributed by atoms with Crippen LogP contribution in [0.2, 0.25) is 0 Å². The van der Waals surface area contributed by atoms with Crippen LogP contribution in [0.1, 0.15) is 12.0 Å². The summed E-state index contributed by atoms with van der Waals surface area (Å²) in [7, 11) is 4.01. The fourth-order valence-electron chi connectivity index (χ4n) is 1.55. The Labute approximate surface area is 91.1 Å². The van der Waals surface area contributed by atoms with Crippen LogP contribution in [-0.2, 0) is 6.54 Å². The lowest BCUT2D eigenvalue weighted by Crippen LogP contribution is -2.22. The van der Waals surface area contributed by atoms with E-state index in [1.165, 1.54) is 6.07 Å². The summed E-state index contributed by atoms with van der Waals surface area (Å²) < 4.78 is 12.9. The van der Waals surface area contributed by atoms with Crippen LogP contribution in [0.5, 0.6) is 0 Å². The summed E-state index contributed by atoms with van der Waals surface area (Å²) >= 11 is 0. The summed E-state index contributed by atoms with van der Waals surface area (Å²) in [6, 6.07) is 6.78. The minimum Gasteiger partial charge on any atom is -0.320 e. The average Bonchev–Trinajstić information content (AvgIpc) is 2.18. The van der Waals surface area contributed by atoms with Gasteiger partial charge in [0, 0.05) is 6.54 Å². The van der Waals surface area contributed by atoms with Crippen LogP contribution in [0.15, 0.2) is 24.3 Å². The first-order valence-corrected chi connectivity index (χ1v) is 5.30. The highest BCUT2D eigenvalue weighted by atomic mass is 19.1. The van der Waals surface area contributed by atoms with Crippen molar-refractivity contribution in [3.63, 3.8) is 0 Å². The summed E-state index contributed by atoms with van der Waals surface area (Å²) in [5, 5.41) is 3.11. The van der Waals surface area contributed by atoms with Gasteiger partial charge in [0.15, 0.2) is 0 Å². The summed E-state index contributed by atoms with van der Waals surface area (Å²) in [5.41, 5.74) is 1.03. The summed E-state index contributed by atoms with van der Waals surface area (Å²) in [5.74, 6) is -0.156. The Kier molecular flexibility index (Phi) is 5.29. The molecule has 0 amide bonds. The van der Waals surface area contributed by atoms with Gasteiger partial charge in [-0.3, -0.25) is 0 Å². The molecule has 0 saturated carbocycles. The van der Waals surface area contributed by atoms with Gasteiger partial charge in [0.2, 0.25) is 0 Å². The number of halogens is 1. The molecule has 0 unspecified atom stereocenters. The van der Waals surface area contributed by atoms with E-state index >= 15 is 0 Å². The van der Waals surface area contributed by atoms with E-state index in [4.69, 9.17) is 0 Å². The van der Waals surface area contributed by atoms with Gasteiger partial charge in [0.25, 0.3) is 0 Å². The lowest BCUT2D eigenvalue weighted by molar-refractivity contribution is 0.320. The maximum absolute atomic E-state index is 12.9. The molecule has 0 aliphatic heterocycles. The highest BCUT2D eigenvalue weighted by molar-refractivity contribution is 5.15. The van der Waals surface area contributed by atoms with E-state index in [0.717, 1.165) is 31.6 Å². The first-order chi connectivity index (χ1) is 7.22. The predicted molar refractivity (Wildman–Crippen MR) is 61.3 cm³/mol. The fraction of sp³-hybridized carbons (Fsp3) is 0.500. The van der Waals surface area contributed by atoms with Crippen LogP contribution in [0.25, 0.3) is 0 Å². The molecule has 0 aliphatic rings. The smallest absolute Gasteiger partial charge is 0.123 e. The molecule has 0 radical (unpaired) electrons. The second-order valence-electron chi connectivity index (χ2n) is 3.82. The van der Waals surface area contributed by atoms with Crippen LogP contribution >= 0.6 is 0 Å². The van der Waals surface area contributed by atoms with Gasteiger partial charge in [0.05, 0.1) is 0 Å². The monoisotopic (exact) mass is 210 g/mol. The van der Waals surface area contributed by atoms with Crippen LogP contribution in [-0.4, -0.2) is 32.1 Å². The molecular formula is C12H19FN2. The van der Waals surface area contributed by atoms with E-state index in [1.54, 1.807) is 12.1 Å². The number of nitrogens with one attached hydrogen (secondary N) is 1. The molecule has 0 heterocycles. The molecule has 15 heavy (non-hydrogen) atoms. The van der Waals surface area contributed by atoms with E-state index in [0.29, 0.717) is 0 Å². The molecule has 1 rings (SSSR count). The van der Waals surface area contributed by atoms with Gasteiger partial charge in [-0.15, -0.1) is 0 Å². The molecule has 0 spiro atoms. The number of nitrogens with zero attached hydrogens (tertiary/aromatic N) is 1. The third-order valence-electron chi connectivity index (χ3n) is 2.31. The topological polar surface area (TPSA) is 15.3 Å². The zero-order valence-corrected chi connectivity index (χ0v) is 9.46. The summed E-state index contributed by atoms with van der Waals surface area (Å²) in [6.07, 6.45) is 1.11. The van der Waals surface area contributed by atoms with Gasteiger partial charge >= 0.3 is 0 Å². The number of hydrogen-bond donors (Lipinski definition) is 1. The molecule has 0 saturated heterocycles. The second-order valence-corrected chi connectivity index (χ2v) is 3.82. The van der Waals surface area contributed by atoms with Crippen molar-refractivity contribution >= 4 is 0 Å². The van der Waals surface area contributed by atoms with Gasteiger partial charge < -0.3 is 10.2 Å². The van der Waals surface area contributed by atoms with Crippen molar-refractivity contribution in [3.05, 3.63) is 35.6 Å². The molecule has 0 bridgehead atoms. The third kappa shape index (κ3) is 4.91. The van der Waals surface area contributed by atoms with Crippen LogP contribution < -0.4 is 5.32 Å². The van der Waals surface area contributed by atoms with Gasteiger partial charge in [-0.1, -0.05) is 12.1 Å². The summed E-state index contributed by atoms with van der Waals surface area (Å²) in [4.78, 5) is 2.20. The predicted octanol–water partition coefficient (Wildman–Crippen LogP) is 1.87. The molecule has 0 atom stereocenters. The summed E-state index contributed by atoms with van der Waals surface area (Å²) in [6.45, 7) is 2.85. The lowest BCUT2D eigenvalue weighted by Gasteiger charge is -2.16. The Hall–Kier alpha value is -0.930. The maximum Gasteiger partial charge on any atom is 0.123 e. The Morgan fingerprint density at radius 2 is 2.20 bits per heavy atom. The molecular weight excluding hydrogens is 191 g/mol. The molecule has 84 valence electrons. The number of rotatable bonds is 6. The van der Waals surface area contributed by atoms with Crippen molar-refractivity contribution in [1.82, 2.24) is 10.2 Å². The fourth-order valence-corrected chi connectivity index (χ4v) is 1.55. The molecule has 1 N–H and O–H groups in total. The van der Waals surface area contributed by atoms with Crippen molar-refractivity contribution < 1.29 is 4.39 Å². The van der Waals surface area contributed by atoms with Crippen molar-refractivity contribution in [3.8, 4) is 0 Å². The Morgan fingerprint density at radius 1 is 1.40 bits per heavy atom. The van der Waals surface area contributed by atoms with E-state index in [1.807, 2.05) is 13.1 Å². The van der Waals surface area contributed by atoms with Gasteiger partial charge in [-0.25, -0.2) is 4.39 Å². The first kappa shape index (κ1) is 12.1. The maximum atomic E-state index is 12.9. The third-order valence-corrected chi connectivity index (χ3v) is 2.31. The van der Waals surface area contributed by atoms with Gasteiger partial charge in [-0.2, -0.15) is 0 Å². The first-order valence-electron chi connectivity index (χ1n) is 5.30. The van der Waals surface area contributed by atoms with Crippen LogP contribution in [0, 0.1) is 5.82 Å². The highest BCUT2D eigenvalue weighted by Crippen LogP contribution is 2.06. The van der Waals surface area contributed by atoms with Crippen molar-refractivity contribution in [2.24, 2.45) is 0 Å². The number of hydrogen-bond acceptors (Lipinski definition) is 2. The van der Waals surface area contributed by atoms with Crippen LogP contribution in [0.3, 0.4) is 0 Å². The second kappa shape index (κ2) is 6.53. The SMILES string of the molecule is CNCCCN(C)Cc1cccc(F)c1. The van der Waals surface area contributed by atoms with Crippen molar-refractivity contribution in [2.75, 3.05) is 27.2 Å². The van der Waals surface area contributed by atoms with Gasteiger partial charge in [0.1, 0.15) is 5.82 Å². The molecule has 3 heteroatoms. The largest absolute Gasteiger partial charge is 0.320 e. The zero-order valence-electron chi connectivity index (χ0n) is 9.46. The molecule has 0 fully saturated rings. The molecule has 1 aromatic rings. The van der Waals surface area contributed by atoms with Crippen LogP contribution in [0.4, 0.5) is 4.39 Å². The molecule has 0 aliphatic carbocycles. The standard InChI is InChI=1S/C12H19FN2/c1-14-7-4-8-15(2)10-11-5-3-6-12(13)9-11/h3,5-6,9,14H,4,7-8,10H2,1-2H3. The quantitative estimate of drug-likeness (QED) is 0.721. The molecule has 0 aromatic heterocycles. The zero-order chi connectivity index (χ0) is 11.1. The van der Waals surface area contributed by atoms with Crippen molar-refractivity contribution in [1.29, 1.82) is 0 Å².